The molecule has 140 valence electrons. The zero-order valence-electron chi connectivity index (χ0n) is 15.6. The summed E-state index contributed by atoms with van der Waals surface area (Å²) in [4.78, 5) is 26.1. The van der Waals surface area contributed by atoms with Gasteiger partial charge in [0.25, 0.3) is 0 Å². The highest BCUT2D eigenvalue weighted by atomic mass is 16.6. The quantitative estimate of drug-likeness (QED) is 0.751. The summed E-state index contributed by atoms with van der Waals surface area (Å²) in [6.07, 6.45) is -0.251. The van der Waals surface area contributed by atoms with Gasteiger partial charge in [-0.15, -0.1) is 0 Å². The van der Waals surface area contributed by atoms with Gasteiger partial charge in [0.1, 0.15) is 6.61 Å². The van der Waals surface area contributed by atoms with Crippen molar-refractivity contribution in [2.75, 3.05) is 13.2 Å². The molecular formula is C19H30N2O4. The first-order chi connectivity index (χ1) is 11.7. The van der Waals surface area contributed by atoms with Crippen LogP contribution in [0.15, 0.2) is 30.3 Å². The van der Waals surface area contributed by atoms with Crippen molar-refractivity contribution in [2.24, 2.45) is 17.1 Å². The van der Waals surface area contributed by atoms with Crippen LogP contribution < -0.4 is 5.73 Å². The number of carbonyl (C=O) groups excluding carboxylic acids is 2. The lowest BCUT2D eigenvalue weighted by atomic mass is 9.90. The number of aliphatic hydroxyl groups excluding tert-OH is 1. The van der Waals surface area contributed by atoms with Crippen molar-refractivity contribution in [3.8, 4) is 0 Å². The van der Waals surface area contributed by atoms with E-state index in [1.807, 2.05) is 58.0 Å². The van der Waals surface area contributed by atoms with Crippen LogP contribution in [0.4, 0.5) is 4.79 Å². The van der Waals surface area contributed by atoms with Gasteiger partial charge in [-0.2, -0.15) is 0 Å². The minimum absolute atomic E-state index is 0.0374. The molecule has 0 unspecified atom stereocenters. The molecule has 0 aliphatic rings. The highest BCUT2D eigenvalue weighted by molar-refractivity contribution is 5.95. The Hall–Kier alpha value is -1.92. The lowest BCUT2D eigenvalue weighted by molar-refractivity contribution is -0.132. The Morgan fingerprint density at radius 2 is 1.84 bits per heavy atom. The Bertz CT molecular complexity index is 558. The monoisotopic (exact) mass is 350 g/mol. The van der Waals surface area contributed by atoms with Crippen LogP contribution >= 0.6 is 0 Å². The summed E-state index contributed by atoms with van der Waals surface area (Å²) in [6.45, 7) is 7.59. The zero-order chi connectivity index (χ0) is 19.0. The van der Waals surface area contributed by atoms with E-state index in [-0.39, 0.29) is 25.7 Å². The second-order valence-corrected chi connectivity index (χ2v) is 7.37. The predicted molar refractivity (Wildman–Crippen MR) is 96.6 cm³/mol. The molecule has 0 heterocycles. The first-order valence-electron chi connectivity index (χ1n) is 8.56. The molecule has 6 nitrogen and oxygen atoms in total. The number of ether oxygens (including phenoxy) is 1. The van der Waals surface area contributed by atoms with E-state index in [0.29, 0.717) is 6.42 Å². The van der Waals surface area contributed by atoms with E-state index in [9.17, 15) is 14.7 Å². The third kappa shape index (κ3) is 6.84. The number of hydrogen-bond donors (Lipinski definition) is 2. The molecule has 0 bridgehead atoms. The fourth-order valence-electron chi connectivity index (χ4n) is 2.05. The van der Waals surface area contributed by atoms with Crippen molar-refractivity contribution in [3.05, 3.63) is 35.9 Å². The van der Waals surface area contributed by atoms with Gasteiger partial charge in [-0.3, -0.25) is 4.79 Å². The Morgan fingerprint density at radius 3 is 2.36 bits per heavy atom. The number of hydrogen-bond acceptors (Lipinski definition) is 5. The van der Waals surface area contributed by atoms with E-state index in [1.165, 1.54) is 0 Å². The summed E-state index contributed by atoms with van der Waals surface area (Å²) in [5, 5.41) is 9.39. The summed E-state index contributed by atoms with van der Waals surface area (Å²) in [6, 6.07) is 8.48. The normalized spacial score (nSPS) is 12.8. The molecule has 1 aromatic rings. The van der Waals surface area contributed by atoms with Gasteiger partial charge in [-0.25, -0.2) is 9.69 Å². The molecular weight excluding hydrogens is 320 g/mol. The molecule has 1 rings (SSSR count). The molecule has 0 saturated carbocycles. The third-order valence-electron chi connectivity index (χ3n) is 4.14. The Labute approximate surface area is 150 Å². The van der Waals surface area contributed by atoms with Crippen LogP contribution in [0.2, 0.25) is 0 Å². The third-order valence-corrected chi connectivity index (χ3v) is 4.14. The van der Waals surface area contributed by atoms with Crippen LogP contribution in [0.5, 0.6) is 0 Å². The average Bonchev–Trinajstić information content (AvgIpc) is 2.59. The van der Waals surface area contributed by atoms with E-state index in [0.717, 1.165) is 10.5 Å². The van der Waals surface area contributed by atoms with Crippen molar-refractivity contribution >= 4 is 12.0 Å². The molecule has 0 fully saturated rings. The Morgan fingerprint density at radius 1 is 1.24 bits per heavy atom. The molecule has 3 N–H and O–H groups in total. The van der Waals surface area contributed by atoms with Gasteiger partial charge < -0.3 is 15.6 Å². The van der Waals surface area contributed by atoms with E-state index in [1.54, 1.807) is 0 Å². The zero-order valence-corrected chi connectivity index (χ0v) is 15.6. The van der Waals surface area contributed by atoms with Crippen LogP contribution in [-0.2, 0) is 16.1 Å². The van der Waals surface area contributed by atoms with Gasteiger partial charge in [-0.05, 0) is 23.3 Å². The minimum atomic E-state index is -0.776. The van der Waals surface area contributed by atoms with Crippen LogP contribution in [0.1, 0.15) is 39.7 Å². The summed E-state index contributed by atoms with van der Waals surface area (Å²) in [7, 11) is 0. The molecule has 1 aromatic carbocycles. The molecule has 0 aliphatic carbocycles. The van der Waals surface area contributed by atoms with Crippen molar-refractivity contribution in [1.82, 2.24) is 4.90 Å². The molecule has 0 spiro atoms. The largest absolute Gasteiger partial charge is 0.444 e. The van der Waals surface area contributed by atoms with Gasteiger partial charge in [0.15, 0.2) is 0 Å². The van der Waals surface area contributed by atoms with E-state index < -0.39 is 23.5 Å². The second-order valence-electron chi connectivity index (χ2n) is 7.37. The Balaban J connectivity index is 2.81. The molecule has 1 atom stereocenters. The molecule has 25 heavy (non-hydrogen) atoms. The van der Waals surface area contributed by atoms with Gasteiger partial charge in [0.05, 0.1) is 6.04 Å². The van der Waals surface area contributed by atoms with Crippen molar-refractivity contribution in [1.29, 1.82) is 0 Å². The number of imide groups is 1. The van der Waals surface area contributed by atoms with Crippen LogP contribution in [0.3, 0.4) is 0 Å². The highest BCUT2D eigenvalue weighted by Gasteiger charge is 2.31. The fourth-order valence-corrected chi connectivity index (χ4v) is 2.05. The lowest BCUT2D eigenvalue weighted by Gasteiger charge is -2.29. The molecule has 6 heteroatoms. The summed E-state index contributed by atoms with van der Waals surface area (Å²) < 4.78 is 5.29. The maximum Gasteiger partial charge on any atom is 0.416 e. The van der Waals surface area contributed by atoms with Crippen LogP contribution in [0, 0.1) is 11.3 Å². The smallest absolute Gasteiger partial charge is 0.416 e. The predicted octanol–water partition coefficient (Wildman–Crippen LogP) is 2.54. The molecule has 0 radical (unpaired) electrons. The SMILES string of the molecule is CC(C)[C@H](N)C(=O)N(CCC(C)(C)CO)C(=O)OCc1ccccc1. The summed E-state index contributed by atoms with van der Waals surface area (Å²) in [5.74, 6) is -0.551. The van der Waals surface area contributed by atoms with E-state index >= 15 is 0 Å². The van der Waals surface area contributed by atoms with Crippen molar-refractivity contribution in [2.45, 2.75) is 46.8 Å². The van der Waals surface area contributed by atoms with Crippen molar-refractivity contribution < 1.29 is 19.4 Å². The van der Waals surface area contributed by atoms with Crippen LogP contribution in [0.25, 0.3) is 0 Å². The Kier molecular flexibility index (Phi) is 8.06. The molecule has 0 saturated heterocycles. The van der Waals surface area contributed by atoms with Gasteiger partial charge in [0.2, 0.25) is 5.91 Å². The van der Waals surface area contributed by atoms with E-state index in [2.05, 4.69) is 0 Å². The summed E-state index contributed by atoms with van der Waals surface area (Å²) in [5.41, 5.74) is 6.37. The number of carbonyl (C=O) groups is 2. The van der Waals surface area contributed by atoms with Gasteiger partial charge in [0, 0.05) is 13.2 Å². The topological polar surface area (TPSA) is 92.9 Å². The van der Waals surface area contributed by atoms with Crippen LogP contribution in [-0.4, -0.2) is 41.2 Å². The number of nitrogens with two attached hydrogens (primary N) is 1. The average molecular weight is 350 g/mol. The summed E-state index contributed by atoms with van der Waals surface area (Å²) >= 11 is 0. The number of amides is 2. The maximum absolute atomic E-state index is 12.6. The van der Waals surface area contributed by atoms with Gasteiger partial charge >= 0.3 is 6.09 Å². The fraction of sp³-hybridized carbons (Fsp3) is 0.579. The standard InChI is InChI=1S/C19H30N2O4/c1-14(2)16(20)17(23)21(11-10-19(3,4)13-22)18(24)25-12-15-8-6-5-7-9-15/h5-9,14,16,22H,10-13,20H2,1-4H3/t16-/m0/s1. The first kappa shape index (κ1) is 21.1. The molecule has 0 aromatic heterocycles. The maximum atomic E-state index is 12.6. The second kappa shape index (κ2) is 9.53. The minimum Gasteiger partial charge on any atom is -0.444 e. The van der Waals surface area contributed by atoms with Crippen molar-refractivity contribution in [3.63, 3.8) is 0 Å². The molecule has 0 aliphatic heterocycles. The number of benzene rings is 1. The highest BCUT2D eigenvalue weighted by Crippen LogP contribution is 2.20. The molecule has 2 amide bonds. The van der Waals surface area contributed by atoms with Gasteiger partial charge in [-0.1, -0.05) is 58.0 Å². The number of nitrogens with zero attached hydrogens (tertiary/aromatic N) is 1. The number of rotatable bonds is 8. The van der Waals surface area contributed by atoms with E-state index in [4.69, 9.17) is 10.5 Å². The lowest BCUT2D eigenvalue weighted by Crippen LogP contribution is -2.50. The number of aliphatic hydroxyl groups is 1. The first-order valence-corrected chi connectivity index (χ1v) is 8.56.